The van der Waals surface area contributed by atoms with Gasteiger partial charge in [-0.15, -0.1) is 11.3 Å². The third-order valence-corrected chi connectivity index (χ3v) is 5.48. The molecular weight excluding hydrogens is 472 g/mol. The molecule has 0 saturated heterocycles. The average Bonchev–Trinajstić information content (AvgIpc) is 2.96. The van der Waals surface area contributed by atoms with Crippen LogP contribution in [0.15, 0.2) is 29.1 Å². The van der Waals surface area contributed by atoms with Gasteiger partial charge >= 0.3 is 12.4 Å². The highest BCUT2D eigenvalue weighted by atomic mass is 35.5. The van der Waals surface area contributed by atoms with E-state index in [1.807, 2.05) is 0 Å². The Balaban J connectivity index is 1.98. The summed E-state index contributed by atoms with van der Waals surface area (Å²) in [5.41, 5.74) is -1.78. The highest BCUT2D eigenvalue weighted by Gasteiger charge is 2.31. The van der Waals surface area contributed by atoms with E-state index >= 15 is 0 Å². The molecule has 1 amide bonds. The summed E-state index contributed by atoms with van der Waals surface area (Å²) in [7, 11) is 0. The van der Waals surface area contributed by atoms with Crippen molar-refractivity contribution < 1.29 is 31.1 Å². The smallest absolute Gasteiger partial charge is 0.342 e. The molecule has 0 bridgehead atoms. The Bertz CT molecular complexity index is 1220. The van der Waals surface area contributed by atoms with E-state index in [9.17, 15) is 35.9 Å². The van der Waals surface area contributed by atoms with E-state index in [1.165, 1.54) is 6.92 Å². The molecule has 1 aromatic carbocycles. The van der Waals surface area contributed by atoms with Crippen LogP contribution < -0.4 is 10.9 Å². The minimum absolute atomic E-state index is 0.0141. The van der Waals surface area contributed by atoms with Crippen molar-refractivity contribution in [2.24, 2.45) is 0 Å². The molecule has 3 aromatic rings. The Morgan fingerprint density at radius 1 is 1.19 bits per heavy atom. The molecule has 0 aliphatic carbocycles. The first-order valence-corrected chi connectivity index (χ1v) is 9.68. The van der Waals surface area contributed by atoms with E-state index in [1.54, 1.807) is 5.32 Å². The number of alkyl halides is 6. The molecule has 2 heterocycles. The van der Waals surface area contributed by atoms with Gasteiger partial charge in [0.25, 0.3) is 11.5 Å². The number of carbonyl (C=O) groups is 1. The van der Waals surface area contributed by atoms with E-state index in [0.717, 1.165) is 40.0 Å². The molecule has 166 valence electrons. The molecule has 0 fully saturated rings. The van der Waals surface area contributed by atoms with E-state index in [0.29, 0.717) is 0 Å². The SMILES string of the molecule is Cc1sc2nc(Cc3cc(C(F)(F)F)ccc3Cl)cc(=O)n2c1C(=O)NCC(F)(F)F. The molecule has 0 radical (unpaired) electrons. The molecule has 5 nitrogen and oxygen atoms in total. The fraction of sp³-hybridized carbons (Fsp3) is 0.278. The maximum absolute atomic E-state index is 13.0. The van der Waals surface area contributed by atoms with Crippen LogP contribution in [0.1, 0.15) is 32.2 Å². The van der Waals surface area contributed by atoms with Crippen LogP contribution in [0.3, 0.4) is 0 Å². The lowest BCUT2D eigenvalue weighted by molar-refractivity contribution is -0.137. The maximum atomic E-state index is 13.0. The third-order valence-electron chi connectivity index (χ3n) is 4.15. The zero-order chi connectivity index (χ0) is 23.1. The number of nitrogens with zero attached hydrogens (tertiary/aromatic N) is 2. The highest BCUT2D eigenvalue weighted by Crippen LogP contribution is 2.32. The van der Waals surface area contributed by atoms with Crippen LogP contribution in [0.25, 0.3) is 4.96 Å². The number of aryl methyl sites for hydroxylation is 1. The molecule has 0 saturated carbocycles. The molecule has 0 atom stereocenters. The van der Waals surface area contributed by atoms with Crippen molar-refractivity contribution in [2.45, 2.75) is 25.7 Å². The van der Waals surface area contributed by atoms with Gasteiger partial charge in [-0.2, -0.15) is 26.3 Å². The quantitative estimate of drug-likeness (QED) is 0.551. The molecule has 0 aliphatic heterocycles. The molecule has 0 spiro atoms. The number of hydrogen-bond acceptors (Lipinski definition) is 4. The number of aromatic nitrogens is 2. The fourth-order valence-corrected chi connectivity index (χ4v) is 4.00. The molecule has 31 heavy (non-hydrogen) atoms. The monoisotopic (exact) mass is 483 g/mol. The third kappa shape index (κ3) is 5.18. The van der Waals surface area contributed by atoms with Crippen molar-refractivity contribution >= 4 is 33.8 Å². The predicted octanol–water partition coefficient (Wildman–Crippen LogP) is 4.62. The van der Waals surface area contributed by atoms with Crippen molar-refractivity contribution in [2.75, 3.05) is 6.54 Å². The summed E-state index contributed by atoms with van der Waals surface area (Å²) >= 11 is 6.86. The lowest BCUT2D eigenvalue weighted by Crippen LogP contribution is -2.35. The minimum Gasteiger partial charge on any atom is -0.342 e. The van der Waals surface area contributed by atoms with Gasteiger partial charge in [-0.25, -0.2) is 9.38 Å². The Morgan fingerprint density at radius 3 is 2.48 bits per heavy atom. The van der Waals surface area contributed by atoms with Gasteiger partial charge in [-0.3, -0.25) is 9.59 Å². The number of fused-ring (bicyclic) bond motifs is 1. The maximum Gasteiger partial charge on any atom is 0.416 e. The number of benzene rings is 1. The van der Waals surface area contributed by atoms with Gasteiger partial charge in [0.15, 0.2) is 4.96 Å². The Labute approximate surface area is 179 Å². The van der Waals surface area contributed by atoms with Gasteiger partial charge in [0.1, 0.15) is 12.2 Å². The number of carbonyl (C=O) groups excluding carboxylic acids is 1. The Hall–Kier alpha value is -2.60. The van der Waals surface area contributed by atoms with Crippen molar-refractivity contribution in [1.82, 2.24) is 14.7 Å². The molecule has 3 rings (SSSR count). The van der Waals surface area contributed by atoms with Gasteiger partial charge in [0, 0.05) is 22.4 Å². The van der Waals surface area contributed by atoms with Crippen LogP contribution in [0.4, 0.5) is 26.3 Å². The van der Waals surface area contributed by atoms with Crippen LogP contribution in [-0.2, 0) is 12.6 Å². The van der Waals surface area contributed by atoms with Gasteiger partial charge < -0.3 is 5.32 Å². The lowest BCUT2D eigenvalue weighted by atomic mass is 10.1. The number of hydrogen-bond donors (Lipinski definition) is 1. The molecule has 1 N–H and O–H groups in total. The summed E-state index contributed by atoms with van der Waals surface area (Å²) in [6, 6.07) is 3.76. The van der Waals surface area contributed by atoms with Crippen LogP contribution in [0.2, 0.25) is 5.02 Å². The van der Waals surface area contributed by atoms with Gasteiger partial charge in [0.2, 0.25) is 0 Å². The van der Waals surface area contributed by atoms with Gasteiger partial charge in [0.05, 0.1) is 11.3 Å². The molecule has 13 heteroatoms. The van der Waals surface area contributed by atoms with Crippen LogP contribution in [0.5, 0.6) is 0 Å². The van der Waals surface area contributed by atoms with Crippen molar-refractivity contribution in [3.05, 3.63) is 67.0 Å². The summed E-state index contributed by atoms with van der Waals surface area (Å²) in [5.74, 6) is -1.10. The first-order chi connectivity index (χ1) is 14.3. The standard InChI is InChI=1S/C18H12ClF6N3O2S/c1-8-14(15(30)26-7-17(20,21)22)28-13(29)6-11(27-16(28)31-8)5-9-4-10(18(23,24)25)2-3-12(9)19/h2-4,6H,5,7H2,1H3,(H,26,30). The number of nitrogens with one attached hydrogen (secondary N) is 1. The van der Waals surface area contributed by atoms with E-state index in [2.05, 4.69) is 4.98 Å². The summed E-state index contributed by atoms with van der Waals surface area (Å²) in [5, 5.41) is 1.74. The van der Waals surface area contributed by atoms with Crippen molar-refractivity contribution in [3.8, 4) is 0 Å². The normalized spacial score (nSPS) is 12.4. The van der Waals surface area contributed by atoms with Crippen molar-refractivity contribution in [3.63, 3.8) is 0 Å². The second-order valence-electron chi connectivity index (χ2n) is 6.49. The number of halogens is 7. The Morgan fingerprint density at radius 2 is 1.87 bits per heavy atom. The first kappa shape index (κ1) is 23.1. The molecule has 0 unspecified atom stereocenters. The molecule has 2 aromatic heterocycles. The van der Waals surface area contributed by atoms with Crippen LogP contribution in [0, 0.1) is 6.92 Å². The summed E-state index contributed by atoms with van der Waals surface area (Å²) < 4.78 is 76.8. The van der Waals surface area contributed by atoms with Gasteiger partial charge in [-0.1, -0.05) is 11.6 Å². The largest absolute Gasteiger partial charge is 0.416 e. The molecular formula is C18H12ClF6N3O2S. The Kier molecular flexibility index (Phi) is 6.07. The second-order valence-corrected chi connectivity index (χ2v) is 8.08. The summed E-state index contributed by atoms with van der Waals surface area (Å²) in [4.78, 5) is 29.2. The van der Waals surface area contributed by atoms with E-state index < -0.39 is 35.9 Å². The van der Waals surface area contributed by atoms with Crippen LogP contribution in [-0.4, -0.2) is 28.0 Å². The second kappa shape index (κ2) is 8.15. The predicted molar refractivity (Wildman–Crippen MR) is 102 cm³/mol. The van der Waals surface area contributed by atoms with Crippen molar-refractivity contribution in [1.29, 1.82) is 0 Å². The highest BCUT2D eigenvalue weighted by molar-refractivity contribution is 7.17. The van der Waals surface area contributed by atoms with E-state index in [4.69, 9.17) is 11.6 Å². The van der Waals surface area contributed by atoms with Gasteiger partial charge in [-0.05, 0) is 30.7 Å². The first-order valence-electron chi connectivity index (χ1n) is 8.49. The lowest BCUT2D eigenvalue weighted by Gasteiger charge is -2.11. The summed E-state index contributed by atoms with van der Waals surface area (Å²) in [6.07, 6.45) is -9.41. The summed E-state index contributed by atoms with van der Waals surface area (Å²) in [6.45, 7) is -0.137. The topological polar surface area (TPSA) is 63.5 Å². The fourth-order valence-electron chi connectivity index (χ4n) is 2.82. The molecule has 0 aliphatic rings. The number of amides is 1. The van der Waals surface area contributed by atoms with Crippen LogP contribution >= 0.6 is 22.9 Å². The number of thiazole rings is 1. The van der Waals surface area contributed by atoms with E-state index in [-0.39, 0.29) is 38.2 Å². The number of rotatable bonds is 4. The zero-order valence-corrected chi connectivity index (χ0v) is 17.1. The average molecular weight is 484 g/mol. The zero-order valence-electron chi connectivity index (χ0n) is 15.5. The minimum atomic E-state index is -4.63.